The molecular formula is C14H26N2O2. The molecule has 0 spiro atoms. The van der Waals surface area contributed by atoms with Crippen LogP contribution in [0.1, 0.15) is 32.6 Å². The van der Waals surface area contributed by atoms with E-state index in [1.807, 2.05) is 0 Å². The highest BCUT2D eigenvalue weighted by Crippen LogP contribution is 2.29. The molecule has 0 aromatic carbocycles. The minimum Gasteiger partial charge on any atom is -0.396 e. The van der Waals surface area contributed by atoms with Crippen LogP contribution < -0.4 is 10.6 Å². The Hall–Kier alpha value is -0.610. The van der Waals surface area contributed by atoms with Crippen molar-refractivity contribution in [3.8, 4) is 0 Å². The van der Waals surface area contributed by atoms with Gasteiger partial charge in [0.2, 0.25) is 5.91 Å². The molecule has 2 fully saturated rings. The summed E-state index contributed by atoms with van der Waals surface area (Å²) in [5, 5.41) is 15.7. The van der Waals surface area contributed by atoms with E-state index in [1.165, 1.54) is 12.8 Å². The van der Waals surface area contributed by atoms with Gasteiger partial charge in [-0.05, 0) is 37.1 Å². The molecule has 1 heterocycles. The highest BCUT2D eigenvalue weighted by atomic mass is 16.3. The Morgan fingerprint density at radius 3 is 2.61 bits per heavy atom. The van der Waals surface area contributed by atoms with Crippen molar-refractivity contribution in [3.63, 3.8) is 0 Å². The predicted molar refractivity (Wildman–Crippen MR) is 71.1 cm³/mol. The van der Waals surface area contributed by atoms with E-state index in [2.05, 4.69) is 17.6 Å². The molecular weight excluding hydrogens is 228 g/mol. The van der Waals surface area contributed by atoms with Gasteiger partial charge in [-0.15, -0.1) is 0 Å². The van der Waals surface area contributed by atoms with Crippen molar-refractivity contribution >= 4 is 5.91 Å². The highest BCUT2D eigenvalue weighted by Gasteiger charge is 2.31. The fourth-order valence-electron chi connectivity index (χ4n) is 3.32. The fraction of sp³-hybridized carbons (Fsp3) is 0.929. The molecule has 1 aliphatic carbocycles. The van der Waals surface area contributed by atoms with Crippen LogP contribution in [-0.4, -0.2) is 37.3 Å². The largest absolute Gasteiger partial charge is 0.396 e. The number of rotatable bonds is 4. The van der Waals surface area contributed by atoms with Gasteiger partial charge in [-0.3, -0.25) is 4.79 Å². The molecule has 1 saturated carbocycles. The summed E-state index contributed by atoms with van der Waals surface area (Å²) < 4.78 is 0. The summed E-state index contributed by atoms with van der Waals surface area (Å²) >= 11 is 0. The van der Waals surface area contributed by atoms with Crippen molar-refractivity contribution in [1.29, 1.82) is 0 Å². The molecule has 4 heteroatoms. The van der Waals surface area contributed by atoms with Crippen molar-refractivity contribution < 1.29 is 9.90 Å². The van der Waals surface area contributed by atoms with Crippen LogP contribution in [0.2, 0.25) is 0 Å². The molecule has 1 aliphatic heterocycles. The van der Waals surface area contributed by atoms with Crippen LogP contribution in [0.5, 0.6) is 0 Å². The maximum atomic E-state index is 12.1. The third-order valence-electron chi connectivity index (χ3n) is 4.69. The number of nitrogens with one attached hydrogen (secondary N) is 2. The zero-order valence-corrected chi connectivity index (χ0v) is 11.3. The van der Waals surface area contributed by atoms with Gasteiger partial charge in [0, 0.05) is 19.7 Å². The van der Waals surface area contributed by atoms with Crippen molar-refractivity contribution in [2.45, 2.75) is 32.6 Å². The summed E-state index contributed by atoms with van der Waals surface area (Å²) in [6.45, 7) is 4.89. The van der Waals surface area contributed by atoms with Crippen molar-refractivity contribution in [1.82, 2.24) is 10.6 Å². The lowest BCUT2D eigenvalue weighted by atomic mass is 9.79. The molecule has 2 unspecified atom stereocenters. The number of hydrogen-bond acceptors (Lipinski definition) is 3. The van der Waals surface area contributed by atoms with Crippen LogP contribution in [-0.2, 0) is 4.79 Å². The van der Waals surface area contributed by atoms with E-state index in [0.717, 1.165) is 32.5 Å². The number of carbonyl (C=O) groups is 1. The molecule has 2 aliphatic rings. The van der Waals surface area contributed by atoms with E-state index < -0.39 is 0 Å². The fourth-order valence-corrected chi connectivity index (χ4v) is 3.32. The lowest BCUT2D eigenvalue weighted by Crippen LogP contribution is -2.40. The summed E-state index contributed by atoms with van der Waals surface area (Å²) in [4.78, 5) is 12.1. The minimum atomic E-state index is 0.126. The molecule has 0 radical (unpaired) electrons. The average molecular weight is 254 g/mol. The molecule has 0 bridgehead atoms. The van der Waals surface area contributed by atoms with Gasteiger partial charge in [0.1, 0.15) is 0 Å². The smallest absolute Gasteiger partial charge is 0.224 e. The van der Waals surface area contributed by atoms with Crippen LogP contribution in [0.15, 0.2) is 0 Å². The third-order valence-corrected chi connectivity index (χ3v) is 4.69. The lowest BCUT2D eigenvalue weighted by Gasteiger charge is -2.30. The van der Waals surface area contributed by atoms with Crippen molar-refractivity contribution in [2.75, 3.05) is 26.2 Å². The normalized spacial score (nSPS) is 36.6. The van der Waals surface area contributed by atoms with Crippen LogP contribution in [0, 0.1) is 23.7 Å². The second kappa shape index (κ2) is 6.53. The first-order valence-corrected chi connectivity index (χ1v) is 7.31. The van der Waals surface area contributed by atoms with Crippen molar-refractivity contribution in [3.05, 3.63) is 0 Å². The Bertz CT molecular complexity index is 283. The van der Waals surface area contributed by atoms with E-state index in [0.29, 0.717) is 17.8 Å². The standard InChI is InChI=1S/C14H26N2O2/c1-10-6-15-8-13(10)14(18)16-7-11-4-2-3-5-12(11)9-17/h10-13,15,17H,2-9H2,1H3,(H,16,18)/t10-,11?,12?,13-/m1/s1. The number of aliphatic hydroxyl groups is 1. The van der Waals surface area contributed by atoms with Crippen LogP contribution >= 0.6 is 0 Å². The van der Waals surface area contributed by atoms with E-state index >= 15 is 0 Å². The monoisotopic (exact) mass is 254 g/mol. The number of hydrogen-bond donors (Lipinski definition) is 3. The Morgan fingerprint density at radius 2 is 2.00 bits per heavy atom. The summed E-state index contributed by atoms with van der Waals surface area (Å²) in [6, 6.07) is 0. The van der Waals surface area contributed by atoms with Gasteiger partial charge in [-0.2, -0.15) is 0 Å². The van der Waals surface area contributed by atoms with Gasteiger partial charge in [0.05, 0.1) is 5.92 Å². The molecule has 2 rings (SSSR count). The van der Waals surface area contributed by atoms with Crippen LogP contribution in [0.25, 0.3) is 0 Å². The van der Waals surface area contributed by atoms with Crippen LogP contribution in [0.3, 0.4) is 0 Å². The molecule has 3 N–H and O–H groups in total. The van der Waals surface area contributed by atoms with E-state index in [-0.39, 0.29) is 18.4 Å². The predicted octanol–water partition coefficient (Wildman–Crippen LogP) is 0.757. The third kappa shape index (κ3) is 3.23. The first-order chi connectivity index (χ1) is 8.72. The summed E-state index contributed by atoms with van der Waals surface area (Å²) in [5.41, 5.74) is 0. The Morgan fingerprint density at radius 1 is 1.28 bits per heavy atom. The first-order valence-electron chi connectivity index (χ1n) is 7.31. The van der Waals surface area contributed by atoms with E-state index in [4.69, 9.17) is 0 Å². The molecule has 104 valence electrons. The Balaban J connectivity index is 1.77. The van der Waals surface area contributed by atoms with Gasteiger partial charge in [-0.1, -0.05) is 19.8 Å². The van der Waals surface area contributed by atoms with Gasteiger partial charge in [0.15, 0.2) is 0 Å². The Labute approximate surface area is 110 Å². The zero-order valence-electron chi connectivity index (χ0n) is 11.3. The van der Waals surface area contributed by atoms with E-state index in [1.54, 1.807) is 0 Å². The lowest BCUT2D eigenvalue weighted by molar-refractivity contribution is -0.125. The number of aliphatic hydroxyl groups excluding tert-OH is 1. The van der Waals surface area contributed by atoms with Gasteiger partial charge in [0.25, 0.3) is 0 Å². The highest BCUT2D eigenvalue weighted by molar-refractivity contribution is 5.79. The maximum Gasteiger partial charge on any atom is 0.224 e. The summed E-state index contributed by atoms with van der Waals surface area (Å²) in [7, 11) is 0. The molecule has 4 nitrogen and oxygen atoms in total. The minimum absolute atomic E-state index is 0.126. The maximum absolute atomic E-state index is 12.1. The number of amides is 1. The molecule has 0 aromatic rings. The second-order valence-electron chi connectivity index (χ2n) is 5.97. The molecule has 1 amide bonds. The molecule has 18 heavy (non-hydrogen) atoms. The quantitative estimate of drug-likeness (QED) is 0.694. The second-order valence-corrected chi connectivity index (χ2v) is 5.97. The molecule has 4 atom stereocenters. The van der Waals surface area contributed by atoms with Gasteiger partial charge < -0.3 is 15.7 Å². The molecule has 1 saturated heterocycles. The first kappa shape index (κ1) is 13.8. The Kier molecular flexibility index (Phi) is 5.01. The molecule has 0 aromatic heterocycles. The number of carbonyl (C=O) groups excluding carboxylic acids is 1. The average Bonchev–Trinajstić information content (AvgIpc) is 2.82. The van der Waals surface area contributed by atoms with E-state index in [9.17, 15) is 9.90 Å². The van der Waals surface area contributed by atoms with Gasteiger partial charge in [-0.25, -0.2) is 0 Å². The van der Waals surface area contributed by atoms with Crippen LogP contribution in [0.4, 0.5) is 0 Å². The SMILES string of the molecule is C[C@@H]1CNC[C@H]1C(=O)NCC1CCCCC1CO. The van der Waals surface area contributed by atoms with Gasteiger partial charge >= 0.3 is 0 Å². The van der Waals surface area contributed by atoms with Crippen molar-refractivity contribution in [2.24, 2.45) is 23.7 Å². The summed E-state index contributed by atoms with van der Waals surface area (Å²) in [6.07, 6.45) is 4.71. The zero-order chi connectivity index (χ0) is 13.0. The summed E-state index contributed by atoms with van der Waals surface area (Å²) in [5.74, 6) is 1.61. The topological polar surface area (TPSA) is 61.4 Å².